The van der Waals surface area contributed by atoms with Crippen molar-refractivity contribution >= 4 is 23.6 Å². The highest BCUT2D eigenvalue weighted by molar-refractivity contribution is 7.16. The van der Waals surface area contributed by atoms with Crippen LogP contribution in [0.5, 0.6) is 51.7 Å². The standard InChI is InChI=1S/C39H52O9Si/c1-21-17-27(40-8)36(33(46-14)30(21)43-11)49(39(7)20-24(4)25(5)26(39)6,37-28(41-9)18-22(2)31(44-12)34(37)47-15)38-29(42-10)19-23(3)32(45-13)35(38)48-16/h17-20H,1-16H3. The van der Waals surface area contributed by atoms with Gasteiger partial charge >= 0.3 is 0 Å². The normalized spacial score (nSPS) is 15.9. The maximum atomic E-state index is 6.46. The molecule has 266 valence electrons. The van der Waals surface area contributed by atoms with Gasteiger partial charge in [-0.05, 0) is 82.0 Å². The van der Waals surface area contributed by atoms with E-state index in [4.69, 9.17) is 42.6 Å². The highest BCUT2D eigenvalue weighted by Gasteiger charge is 2.64. The summed E-state index contributed by atoms with van der Waals surface area (Å²) in [6, 6.07) is 5.98. The van der Waals surface area contributed by atoms with Crippen molar-refractivity contribution in [3.8, 4) is 51.7 Å². The molecule has 1 unspecified atom stereocenters. The number of hydrogen-bond donors (Lipinski definition) is 0. The van der Waals surface area contributed by atoms with Gasteiger partial charge in [-0.25, -0.2) is 0 Å². The molecule has 0 saturated carbocycles. The maximum absolute atomic E-state index is 6.46. The van der Waals surface area contributed by atoms with Gasteiger partial charge in [-0.15, -0.1) is 0 Å². The van der Waals surface area contributed by atoms with Crippen molar-refractivity contribution in [2.24, 2.45) is 0 Å². The minimum Gasteiger partial charge on any atom is -0.497 e. The Bertz CT molecular complexity index is 1660. The monoisotopic (exact) mass is 692 g/mol. The van der Waals surface area contributed by atoms with Crippen LogP contribution in [-0.2, 0) is 0 Å². The molecule has 0 aliphatic heterocycles. The molecule has 0 fully saturated rings. The SMILES string of the molecule is COc1cc(C)c(OC)c(OC)c1[Si](c1c(OC)cc(C)c(OC)c1OC)(c1c(OC)cc(C)c(OC)c1OC)C1(C)C=C(C)C(C)=C1C. The van der Waals surface area contributed by atoms with Crippen molar-refractivity contribution in [1.29, 1.82) is 0 Å². The lowest BCUT2D eigenvalue weighted by atomic mass is 10.0. The van der Waals surface area contributed by atoms with Crippen LogP contribution >= 0.6 is 0 Å². The number of methoxy groups -OCH3 is 9. The molecule has 0 heterocycles. The second kappa shape index (κ2) is 14.2. The van der Waals surface area contributed by atoms with Crippen molar-refractivity contribution < 1.29 is 42.6 Å². The van der Waals surface area contributed by atoms with Crippen molar-refractivity contribution in [3.05, 3.63) is 57.7 Å². The Labute approximate surface area is 292 Å². The molecule has 4 rings (SSSR count). The molecule has 1 aliphatic rings. The summed E-state index contributed by atoms with van der Waals surface area (Å²) in [5.41, 5.74) is 5.99. The molecular weight excluding hydrogens is 641 g/mol. The van der Waals surface area contributed by atoms with Gasteiger partial charge in [-0.1, -0.05) is 24.1 Å². The quantitative estimate of drug-likeness (QED) is 0.153. The number of ether oxygens (including phenoxy) is 9. The van der Waals surface area contributed by atoms with Crippen LogP contribution < -0.4 is 58.2 Å². The summed E-state index contributed by atoms with van der Waals surface area (Å²) in [7, 11) is 10.9. The summed E-state index contributed by atoms with van der Waals surface area (Å²) in [6.07, 6.45) is 2.34. The van der Waals surface area contributed by atoms with E-state index in [0.29, 0.717) is 51.7 Å². The zero-order valence-electron chi connectivity index (χ0n) is 32.0. The first-order chi connectivity index (χ1) is 23.3. The summed E-state index contributed by atoms with van der Waals surface area (Å²) < 4.78 is 57.0. The fraction of sp³-hybridized carbons (Fsp3) is 0.436. The van der Waals surface area contributed by atoms with E-state index in [1.807, 2.05) is 39.0 Å². The molecule has 1 atom stereocenters. The predicted octanol–water partition coefficient (Wildman–Crippen LogP) is 6.22. The number of benzene rings is 3. The van der Waals surface area contributed by atoms with E-state index >= 15 is 0 Å². The minimum absolute atomic E-state index is 0.517. The molecule has 0 N–H and O–H groups in total. The van der Waals surface area contributed by atoms with Crippen LogP contribution in [0.4, 0.5) is 0 Å². The largest absolute Gasteiger partial charge is 0.497 e. The molecule has 0 saturated heterocycles. The van der Waals surface area contributed by atoms with Crippen LogP contribution in [0.3, 0.4) is 0 Å². The highest BCUT2D eigenvalue weighted by Crippen LogP contribution is 2.58. The van der Waals surface area contributed by atoms with Gasteiger partial charge in [-0.3, -0.25) is 0 Å². The van der Waals surface area contributed by atoms with Crippen LogP contribution in [0.2, 0.25) is 5.04 Å². The van der Waals surface area contributed by atoms with E-state index in [2.05, 4.69) is 33.8 Å². The Balaban J connectivity index is 2.69. The summed E-state index contributed by atoms with van der Waals surface area (Å²) in [5.74, 6) is 5.06. The lowest BCUT2D eigenvalue weighted by Gasteiger charge is -2.49. The van der Waals surface area contributed by atoms with Crippen molar-refractivity contribution in [3.63, 3.8) is 0 Å². The van der Waals surface area contributed by atoms with E-state index in [-0.39, 0.29) is 0 Å². The van der Waals surface area contributed by atoms with Crippen LogP contribution in [0.15, 0.2) is 41.0 Å². The third-order valence-electron chi connectivity index (χ3n) is 10.4. The third-order valence-corrected chi connectivity index (χ3v) is 16.1. The van der Waals surface area contributed by atoms with Gasteiger partial charge in [0.15, 0.2) is 42.6 Å². The third kappa shape index (κ3) is 5.26. The first-order valence-corrected chi connectivity index (χ1v) is 18.1. The van der Waals surface area contributed by atoms with Crippen LogP contribution in [0, 0.1) is 20.8 Å². The molecule has 3 aromatic carbocycles. The van der Waals surface area contributed by atoms with Crippen molar-refractivity contribution in [2.45, 2.75) is 53.5 Å². The molecule has 10 heteroatoms. The zero-order chi connectivity index (χ0) is 36.6. The second-order valence-electron chi connectivity index (χ2n) is 12.5. The Morgan fingerprint density at radius 3 is 0.918 bits per heavy atom. The van der Waals surface area contributed by atoms with Crippen molar-refractivity contribution in [1.82, 2.24) is 0 Å². The fourth-order valence-corrected chi connectivity index (χ4v) is 14.8. The summed E-state index contributed by atoms with van der Waals surface area (Å²) in [5, 5.41) is 1.53. The van der Waals surface area contributed by atoms with Gasteiger partial charge < -0.3 is 42.6 Å². The van der Waals surface area contributed by atoms with Crippen LogP contribution in [-0.4, -0.2) is 72.1 Å². The summed E-state index contributed by atoms with van der Waals surface area (Å²) in [4.78, 5) is 0. The van der Waals surface area contributed by atoms with Gasteiger partial charge in [-0.2, -0.15) is 0 Å². The lowest BCUT2D eigenvalue weighted by Crippen LogP contribution is -2.74. The average molecular weight is 693 g/mol. The molecule has 3 aromatic rings. The maximum Gasteiger partial charge on any atom is 0.190 e. The van der Waals surface area contributed by atoms with E-state index in [9.17, 15) is 0 Å². The fourth-order valence-electron chi connectivity index (χ4n) is 7.99. The zero-order valence-corrected chi connectivity index (χ0v) is 33.0. The summed E-state index contributed by atoms with van der Waals surface area (Å²) in [6.45, 7) is 14.7. The van der Waals surface area contributed by atoms with Gasteiger partial charge in [0.1, 0.15) is 17.2 Å². The first-order valence-electron chi connectivity index (χ1n) is 16.1. The van der Waals surface area contributed by atoms with Crippen LogP contribution in [0.25, 0.3) is 0 Å². The molecule has 1 aliphatic carbocycles. The Morgan fingerprint density at radius 1 is 0.429 bits per heavy atom. The molecule has 9 nitrogen and oxygen atoms in total. The lowest BCUT2D eigenvalue weighted by molar-refractivity contribution is 0.347. The Hall–Kier alpha value is -4.44. The van der Waals surface area contributed by atoms with E-state index in [1.165, 1.54) is 5.57 Å². The Kier molecular flexibility index (Phi) is 10.8. The predicted molar refractivity (Wildman–Crippen MR) is 198 cm³/mol. The van der Waals surface area contributed by atoms with Gasteiger partial charge in [0, 0.05) is 20.6 Å². The highest BCUT2D eigenvalue weighted by atomic mass is 28.3. The smallest absolute Gasteiger partial charge is 0.190 e. The number of allylic oxidation sites excluding steroid dienone is 4. The molecular formula is C39H52O9Si. The van der Waals surface area contributed by atoms with Gasteiger partial charge in [0.2, 0.25) is 0 Å². The molecule has 0 aromatic heterocycles. The van der Waals surface area contributed by atoms with Crippen molar-refractivity contribution in [2.75, 3.05) is 64.0 Å². The number of hydrogen-bond acceptors (Lipinski definition) is 9. The van der Waals surface area contributed by atoms with Gasteiger partial charge in [0.25, 0.3) is 0 Å². The van der Waals surface area contributed by atoms with Gasteiger partial charge in [0.05, 0.1) is 64.0 Å². The molecule has 0 spiro atoms. The Morgan fingerprint density at radius 2 is 0.714 bits per heavy atom. The van der Waals surface area contributed by atoms with E-state index in [0.717, 1.165) is 43.4 Å². The van der Waals surface area contributed by atoms with E-state index in [1.54, 1.807) is 64.0 Å². The molecule has 0 bridgehead atoms. The first kappa shape index (κ1) is 37.4. The molecule has 49 heavy (non-hydrogen) atoms. The second-order valence-corrected chi connectivity index (χ2v) is 16.6. The number of aryl methyl sites for hydroxylation is 3. The van der Waals surface area contributed by atoms with Crippen LogP contribution in [0.1, 0.15) is 44.4 Å². The van der Waals surface area contributed by atoms with E-state index < -0.39 is 13.1 Å². The topological polar surface area (TPSA) is 83.1 Å². The average Bonchev–Trinajstić information content (AvgIpc) is 3.30. The summed E-state index contributed by atoms with van der Waals surface area (Å²) >= 11 is 0. The number of rotatable bonds is 13. The molecule has 0 amide bonds. The molecule has 0 radical (unpaired) electrons. The minimum atomic E-state index is -3.99.